The zero-order chi connectivity index (χ0) is 30.3. The van der Waals surface area contributed by atoms with E-state index >= 15 is 0 Å². The van der Waals surface area contributed by atoms with Crippen molar-refractivity contribution in [2.75, 3.05) is 10.8 Å². The number of rotatable bonds is 11. The van der Waals surface area contributed by atoms with Crippen LogP contribution in [0.25, 0.3) is 0 Å². The Kier molecular flexibility index (Phi) is 10.8. The molecule has 0 aromatic heterocycles. The second-order valence-electron chi connectivity index (χ2n) is 10.7. The number of carbonyl (C=O) groups excluding carboxylic acids is 2. The molecular formula is C32H37BrFN3O4S. The third-order valence-corrected chi connectivity index (χ3v) is 9.92. The van der Waals surface area contributed by atoms with E-state index in [1.807, 2.05) is 13.8 Å². The molecular weight excluding hydrogens is 621 g/mol. The lowest BCUT2D eigenvalue weighted by molar-refractivity contribution is -0.140. The topological polar surface area (TPSA) is 86.8 Å². The first kappa shape index (κ1) is 31.7. The summed E-state index contributed by atoms with van der Waals surface area (Å²) >= 11 is 3.38. The van der Waals surface area contributed by atoms with Crippen molar-refractivity contribution in [3.63, 3.8) is 0 Å². The van der Waals surface area contributed by atoms with E-state index in [2.05, 4.69) is 21.2 Å². The largest absolute Gasteiger partial charge is 0.352 e. The molecule has 1 fully saturated rings. The second kappa shape index (κ2) is 14.3. The van der Waals surface area contributed by atoms with E-state index in [0.717, 1.165) is 46.4 Å². The summed E-state index contributed by atoms with van der Waals surface area (Å²) in [6.07, 6.45) is 5.33. The van der Waals surface area contributed by atoms with Gasteiger partial charge in [-0.2, -0.15) is 0 Å². The lowest BCUT2D eigenvalue weighted by atomic mass is 9.95. The van der Waals surface area contributed by atoms with Crippen molar-refractivity contribution >= 4 is 43.5 Å². The number of hydrogen-bond acceptors (Lipinski definition) is 4. The van der Waals surface area contributed by atoms with Gasteiger partial charge in [0, 0.05) is 17.1 Å². The molecule has 0 saturated heterocycles. The van der Waals surface area contributed by atoms with Crippen molar-refractivity contribution in [2.24, 2.45) is 0 Å². The predicted octanol–water partition coefficient (Wildman–Crippen LogP) is 6.35. The third-order valence-electron chi connectivity index (χ3n) is 7.61. The monoisotopic (exact) mass is 657 g/mol. The summed E-state index contributed by atoms with van der Waals surface area (Å²) in [5, 5.41) is 3.12. The predicted molar refractivity (Wildman–Crippen MR) is 166 cm³/mol. The van der Waals surface area contributed by atoms with E-state index < -0.39 is 34.3 Å². The first-order valence-electron chi connectivity index (χ1n) is 14.3. The first-order chi connectivity index (χ1) is 20.1. The van der Waals surface area contributed by atoms with Gasteiger partial charge >= 0.3 is 0 Å². The van der Waals surface area contributed by atoms with Crippen LogP contribution in [0.1, 0.15) is 56.6 Å². The van der Waals surface area contributed by atoms with Crippen LogP contribution in [0.5, 0.6) is 0 Å². The van der Waals surface area contributed by atoms with Gasteiger partial charge in [0.1, 0.15) is 18.4 Å². The average molecular weight is 659 g/mol. The quantitative estimate of drug-likeness (QED) is 0.260. The summed E-state index contributed by atoms with van der Waals surface area (Å²) in [6, 6.07) is 18.1. The van der Waals surface area contributed by atoms with Gasteiger partial charge in [0.25, 0.3) is 10.0 Å². The summed E-state index contributed by atoms with van der Waals surface area (Å²) in [5.41, 5.74) is 1.85. The highest BCUT2D eigenvalue weighted by Gasteiger charge is 2.34. The van der Waals surface area contributed by atoms with Gasteiger partial charge in [-0.25, -0.2) is 12.8 Å². The Morgan fingerprint density at radius 3 is 2.17 bits per heavy atom. The van der Waals surface area contributed by atoms with Gasteiger partial charge in [0.15, 0.2) is 0 Å². The van der Waals surface area contributed by atoms with Crippen molar-refractivity contribution < 1.29 is 22.4 Å². The van der Waals surface area contributed by atoms with E-state index in [1.54, 1.807) is 48.5 Å². The zero-order valence-corrected chi connectivity index (χ0v) is 26.3. The Bertz CT molecular complexity index is 1460. The molecule has 0 bridgehead atoms. The summed E-state index contributed by atoms with van der Waals surface area (Å²) < 4.78 is 43.4. The molecule has 3 aromatic carbocycles. The Morgan fingerprint density at radius 2 is 1.57 bits per heavy atom. The highest BCUT2D eigenvalue weighted by molar-refractivity contribution is 9.10. The van der Waals surface area contributed by atoms with E-state index in [1.165, 1.54) is 29.2 Å². The number of sulfonamides is 1. The van der Waals surface area contributed by atoms with Crippen LogP contribution in [-0.4, -0.2) is 43.8 Å². The number of nitrogens with zero attached hydrogens (tertiary/aromatic N) is 2. The van der Waals surface area contributed by atoms with Gasteiger partial charge in [-0.1, -0.05) is 71.9 Å². The maximum atomic E-state index is 14.2. The highest BCUT2D eigenvalue weighted by atomic mass is 79.9. The number of anilines is 1. The molecule has 0 heterocycles. The van der Waals surface area contributed by atoms with E-state index in [4.69, 9.17) is 0 Å². The molecule has 0 unspecified atom stereocenters. The highest BCUT2D eigenvalue weighted by Crippen LogP contribution is 2.27. The number of benzene rings is 3. The van der Waals surface area contributed by atoms with Crippen molar-refractivity contribution in [2.45, 2.75) is 75.9 Å². The fourth-order valence-electron chi connectivity index (χ4n) is 5.22. The molecule has 1 aliphatic carbocycles. The van der Waals surface area contributed by atoms with Crippen LogP contribution in [0.4, 0.5) is 10.1 Å². The van der Waals surface area contributed by atoms with Crippen molar-refractivity contribution in [1.82, 2.24) is 10.2 Å². The second-order valence-corrected chi connectivity index (χ2v) is 13.5. The van der Waals surface area contributed by atoms with Gasteiger partial charge < -0.3 is 10.2 Å². The Morgan fingerprint density at radius 1 is 0.952 bits per heavy atom. The van der Waals surface area contributed by atoms with Gasteiger partial charge in [-0.3, -0.25) is 13.9 Å². The number of amides is 2. The van der Waals surface area contributed by atoms with E-state index in [-0.39, 0.29) is 23.4 Å². The van der Waals surface area contributed by atoms with Crippen LogP contribution in [0.15, 0.2) is 82.2 Å². The smallest absolute Gasteiger partial charge is 0.264 e. The lowest BCUT2D eigenvalue weighted by Crippen LogP contribution is -2.54. The maximum Gasteiger partial charge on any atom is 0.264 e. The van der Waals surface area contributed by atoms with Gasteiger partial charge in [0.2, 0.25) is 11.8 Å². The molecule has 1 saturated carbocycles. The normalized spacial score (nSPS) is 14.7. The molecule has 0 spiro atoms. The summed E-state index contributed by atoms with van der Waals surface area (Å²) in [5.74, 6) is -1.22. The number of nitrogens with one attached hydrogen (secondary N) is 1. The Hall–Kier alpha value is -3.24. The molecule has 7 nitrogen and oxygen atoms in total. The van der Waals surface area contributed by atoms with Gasteiger partial charge in [-0.05, 0) is 80.3 Å². The number of carbonyl (C=O) groups is 2. The zero-order valence-electron chi connectivity index (χ0n) is 23.9. The van der Waals surface area contributed by atoms with Crippen LogP contribution in [0, 0.1) is 12.7 Å². The fourth-order valence-corrected chi connectivity index (χ4v) is 6.90. The number of halogens is 2. The van der Waals surface area contributed by atoms with Gasteiger partial charge in [-0.15, -0.1) is 0 Å². The van der Waals surface area contributed by atoms with Crippen molar-refractivity contribution in [3.05, 3.63) is 94.2 Å². The Balaban J connectivity index is 1.69. The molecule has 0 aliphatic heterocycles. The SMILES string of the molecule is CC[C@H](C(=O)NC1CCCCC1)N(Cc1ccc(F)cc1)C(=O)CN(c1ccc(Br)cc1)S(=O)(=O)c1ccc(C)cc1. The number of hydrogen-bond donors (Lipinski definition) is 1. The third kappa shape index (κ3) is 7.98. The average Bonchev–Trinajstić information content (AvgIpc) is 2.98. The maximum absolute atomic E-state index is 14.2. The van der Waals surface area contributed by atoms with Crippen LogP contribution in [-0.2, 0) is 26.2 Å². The molecule has 1 N–H and O–H groups in total. The molecule has 2 amide bonds. The van der Waals surface area contributed by atoms with Crippen LogP contribution in [0.2, 0.25) is 0 Å². The lowest BCUT2D eigenvalue weighted by Gasteiger charge is -2.34. The summed E-state index contributed by atoms with van der Waals surface area (Å²) in [7, 11) is -4.15. The van der Waals surface area contributed by atoms with E-state index in [0.29, 0.717) is 17.7 Å². The van der Waals surface area contributed by atoms with Crippen LogP contribution >= 0.6 is 15.9 Å². The van der Waals surface area contributed by atoms with E-state index in [9.17, 15) is 22.4 Å². The number of aryl methyl sites for hydroxylation is 1. The van der Waals surface area contributed by atoms with Crippen LogP contribution in [0.3, 0.4) is 0 Å². The van der Waals surface area contributed by atoms with Crippen molar-refractivity contribution in [1.29, 1.82) is 0 Å². The minimum Gasteiger partial charge on any atom is -0.352 e. The molecule has 4 rings (SSSR count). The van der Waals surface area contributed by atoms with Gasteiger partial charge in [0.05, 0.1) is 10.6 Å². The minimum absolute atomic E-state index is 0.0223. The summed E-state index contributed by atoms with van der Waals surface area (Å²) in [4.78, 5) is 29.2. The summed E-state index contributed by atoms with van der Waals surface area (Å²) in [6.45, 7) is 3.19. The molecule has 0 radical (unpaired) electrons. The van der Waals surface area contributed by atoms with Crippen LogP contribution < -0.4 is 9.62 Å². The molecule has 1 aliphatic rings. The van der Waals surface area contributed by atoms with Crippen molar-refractivity contribution in [3.8, 4) is 0 Å². The fraction of sp³-hybridized carbons (Fsp3) is 0.375. The standard InChI is InChI=1S/C32H37BrFN3O4S/c1-3-30(32(39)35-27-7-5-4-6-8-27)36(21-24-11-15-26(34)16-12-24)31(38)22-37(28-17-13-25(33)14-18-28)42(40,41)29-19-9-23(2)10-20-29/h9-20,27,30H,3-8,21-22H2,1-2H3,(H,35,39)/t30-/m1/s1. The first-order valence-corrected chi connectivity index (χ1v) is 16.5. The molecule has 1 atom stereocenters. The molecule has 3 aromatic rings. The Labute approximate surface area is 256 Å². The molecule has 42 heavy (non-hydrogen) atoms. The minimum atomic E-state index is -4.15. The molecule has 224 valence electrons. The molecule has 10 heteroatoms.